The van der Waals surface area contributed by atoms with E-state index in [4.69, 9.17) is 10.5 Å². The predicted octanol–water partition coefficient (Wildman–Crippen LogP) is 0.606. The Morgan fingerprint density at radius 2 is 2.00 bits per heavy atom. The second-order valence-electron chi connectivity index (χ2n) is 5.14. The maximum Gasteiger partial charge on any atom is 0.225 e. The molecule has 0 fully saturated rings. The first kappa shape index (κ1) is 17.4. The minimum atomic E-state index is -0.625. The zero-order chi connectivity index (χ0) is 14.1. The van der Waals surface area contributed by atoms with Crippen molar-refractivity contribution in [2.24, 2.45) is 11.7 Å². The van der Waals surface area contributed by atoms with Crippen molar-refractivity contribution in [3.05, 3.63) is 0 Å². The summed E-state index contributed by atoms with van der Waals surface area (Å²) in [7, 11) is 3.24. The Kier molecular flexibility index (Phi) is 8.97. The second kappa shape index (κ2) is 9.30. The molecule has 0 aromatic carbocycles. The van der Waals surface area contributed by atoms with Gasteiger partial charge in [0.05, 0.1) is 12.7 Å². The molecular weight excluding hydrogens is 232 g/mol. The first-order chi connectivity index (χ1) is 8.38. The summed E-state index contributed by atoms with van der Waals surface area (Å²) in [6.45, 7) is 4.45. The number of hydrogen-bond donors (Lipinski definition) is 2. The van der Waals surface area contributed by atoms with E-state index in [-0.39, 0.29) is 24.5 Å². The molecule has 0 aliphatic heterocycles. The number of aliphatic hydroxyl groups is 1. The van der Waals surface area contributed by atoms with Crippen LogP contribution in [-0.2, 0) is 9.53 Å². The Morgan fingerprint density at radius 1 is 1.39 bits per heavy atom. The highest BCUT2D eigenvalue weighted by molar-refractivity contribution is 5.78. The third-order valence-electron chi connectivity index (χ3n) is 2.94. The molecule has 0 bridgehead atoms. The van der Waals surface area contributed by atoms with Gasteiger partial charge < -0.3 is 20.5 Å². The van der Waals surface area contributed by atoms with Gasteiger partial charge in [-0.05, 0) is 19.8 Å². The lowest BCUT2D eigenvalue weighted by Crippen LogP contribution is -2.39. The fourth-order valence-corrected chi connectivity index (χ4v) is 1.90. The molecule has 0 aliphatic carbocycles. The van der Waals surface area contributed by atoms with Crippen LogP contribution in [0.25, 0.3) is 0 Å². The van der Waals surface area contributed by atoms with E-state index < -0.39 is 6.10 Å². The Balaban J connectivity index is 3.96. The van der Waals surface area contributed by atoms with E-state index in [9.17, 15) is 9.90 Å². The zero-order valence-electron chi connectivity index (χ0n) is 12.1. The van der Waals surface area contributed by atoms with Crippen LogP contribution in [0, 0.1) is 5.92 Å². The third kappa shape index (κ3) is 7.63. The number of carbonyl (C=O) groups excluding carboxylic acids is 1. The van der Waals surface area contributed by atoms with Gasteiger partial charge in [0.1, 0.15) is 0 Å². The molecule has 0 heterocycles. The van der Waals surface area contributed by atoms with Crippen LogP contribution < -0.4 is 5.73 Å². The van der Waals surface area contributed by atoms with Gasteiger partial charge in [0, 0.05) is 32.7 Å². The Bertz CT molecular complexity index is 234. The molecule has 3 unspecified atom stereocenters. The van der Waals surface area contributed by atoms with Crippen LogP contribution in [0.3, 0.4) is 0 Å². The monoisotopic (exact) mass is 260 g/mol. The molecule has 0 aliphatic rings. The van der Waals surface area contributed by atoms with E-state index >= 15 is 0 Å². The molecule has 0 spiro atoms. The van der Waals surface area contributed by atoms with Gasteiger partial charge in [0.25, 0.3) is 0 Å². The van der Waals surface area contributed by atoms with Gasteiger partial charge in [0.15, 0.2) is 0 Å². The van der Waals surface area contributed by atoms with Crippen LogP contribution in [0.2, 0.25) is 0 Å². The molecular formula is C13H28N2O3. The first-order valence-corrected chi connectivity index (χ1v) is 6.56. The van der Waals surface area contributed by atoms with Crippen LogP contribution in [-0.4, -0.2) is 55.4 Å². The number of ether oxygens (including phenoxy) is 1. The van der Waals surface area contributed by atoms with Crippen molar-refractivity contribution >= 4 is 5.91 Å². The van der Waals surface area contributed by atoms with Crippen LogP contribution >= 0.6 is 0 Å². The summed E-state index contributed by atoms with van der Waals surface area (Å²) in [4.78, 5) is 13.6. The summed E-state index contributed by atoms with van der Waals surface area (Å²) in [5.41, 5.74) is 5.67. The fraction of sp³-hybridized carbons (Fsp3) is 0.923. The highest BCUT2D eigenvalue weighted by Gasteiger charge is 2.19. The number of aliphatic hydroxyl groups excluding tert-OH is 1. The van der Waals surface area contributed by atoms with Crippen molar-refractivity contribution in [2.45, 2.75) is 45.3 Å². The molecule has 18 heavy (non-hydrogen) atoms. The highest BCUT2D eigenvalue weighted by Crippen LogP contribution is 2.12. The predicted molar refractivity (Wildman–Crippen MR) is 72.2 cm³/mol. The lowest BCUT2D eigenvalue weighted by Gasteiger charge is -2.23. The van der Waals surface area contributed by atoms with E-state index in [1.165, 1.54) is 7.11 Å². The standard InChI is InChI=1S/C13H28N2O3/c1-10(6-5-7-11(2)14)13(17)15(3)8-12(16)9-18-4/h10-12,16H,5-9,14H2,1-4H3. The number of methoxy groups -OCH3 is 1. The van der Waals surface area contributed by atoms with Gasteiger partial charge in [0.2, 0.25) is 5.91 Å². The molecule has 1 amide bonds. The summed E-state index contributed by atoms with van der Waals surface area (Å²) in [5.74, 6) is 0.0401. The minimum absolute atomic E-state index is 0.0245. The number of amides is 1. The minimum Gasteiger partial charge on any atom is -0.389 e. The number of nitrogens with two attached hydrogens (primary N) is 1. The van der Waals surface area contributed by atoms with Crippen molar-refractivity contribution in [1.82, 2.24) is 4.90 Å². The maximum atomic E-state index is 12.0. The molecule has 5 nitrogen and oxygen atoms in total. The molecule has 0 aromatic heterocycles. The van der Waals surface area contributed by atoms with Crippen molar-refractivity contribution < 1.29 is 14.6 Å². The largest absolute Gasteiger partial charge is 0.389 e. The molecule has 108 valence electrons. The lowest BCUT2D eigenvalue weighted by atomic mass is 10.0. The number of hydrogen-bond acceptors (Lipinski definition) is 4. The van der Waals surface area contributed by atoms with E-state index in [0.29, 0.717) is 6.54 Å². The molecule has 3 N–H and O–H groups in total. The number of carbonyl (C=O) groups is 1. The third-order valence-corrected chi connectivity index (χ3v) is 2.94. The smallest absolute Gasteiger partial charge is 0.225 e. The van der Waals surface area contributed by atoms with E-state index in [0.717, 1.165) is 19.3 Å². The quantitative estimate of drug-likeness (QED) is 0.637. The van der Waals surface area contributed by atoms with Gasteiger partial charge in [-0.3, -0.25) is 4.79 Å². The molecule has 3 atom stereocenters. The van der Waals surface area contributed by atoms with Crippen molar-refractivity contribution in [3.63, 3.8) is 0 Å². The first-order valence-electron chi connectivity index (χ1n) is 6.56. The van der Waals surface area contributed by atoms with E-state index in [1.807, 2.05) is 13.8 Å². The van der Waals surface area contributed by atoms with E-state index in [2.05, 4.69) is 0 Å². The zero-order valence-corrected chi connectivity index (χ0v) is 12.1. The Morgan fingerprint density at radius 3 is 2.50 bits per heavy atom. The SMILES string of the molecule is COCC(O)CN(C)C(=O)C(C)CCCC(C)N. The molecule has 0 saturated heterocycles. The molecule has 0 radical (unpaired) electrons. The topological polar surface area (TPSA) is 75.8 Å². The lowest BCUT2D eigenvalue weighted by molar-refractivity contribution is -0.135. The van der Waals surface area contributed by atoms with Gasteiger partial charge in [-0.15, -0.1) is 0 Å². The molecule has 0 saturated carbocycles. The van der Waals surface area contributed by atoms with Crippen LogP contribution in [0.4, 0.5) is 0 Å². The summed E-state index contributed by atoms with van der Waals surface area (Å²) in [5, 5.41) is 9.56. The van der Waals surface area contributed by atoms with Crippen molar-refractivity contribution in [3.8, 4) is 0 Å². The summed E-state index contributed by atoms with van der Waals surface area (Å²) < 4.78 is 4.83. The van der Waals surface area contributed by atoms with E-state index in [1.54, 1.807) is 11.9 Å². The Labute approximate surface area is 110 Å². The van der Waals surface area contributed by atoms with Gasteiger partial charge in [-0.1, -0.05) is 13.3 Å². The van der Waals surface area contributed by atoms with Gasteiger partial charge in [-0.2, -0.15) is 0 Å². The number of nitrogens with zero attached hydrogens (tertiary/aromatic N) is 1. The second-order valence-corrected chi connectivity index (χ2v) is 5.14. The summed E-state index contributed by atoms with van der Waals surface area (Å²) in [6, 6.07) is 0.188. The van der Waals surface area contributed by atoms with Crippen LogP contribution in [0.1, 0.15) is 33.1 Å². The highest BCUT2D eigenvalue weighted by atomic mass is 16.5. The number of likely N-dealkylation sites (N-methyl/N-ethyl adjacent to an activating group) is 1. The van der Waals surface area contributed by atoms with Crippen LogP contribution in [0.5, 0.6) is 0 Å². The van der Waals surface area contributed by atoms with Gasteiger partial charge >= 0.3 is 0 Å². The molecule has 0 rings (SSSR count). The molecule has 0 aromatic rings. The molecule has 5 heteroatoms. The Hall–Kier alpha value is -0.650. The summed E-state index contributed by atoms with van der Waals surface area (Å²) >= 11 is 0. The van der Waals surface area contributed by atoms with Gasteiger partial charge in [-0.25, -0.2) is 0 Å². The van der Waals surface area contributed by atoms with Crippen LogP contribution in [0.15, 0.2) is 0 Å². The average Bonchev–Trinajstić information content (AvgIpc) is 2.27. The number of rotatable bonds is 9. The maximum absolute atomic E-state index is 12.0. The normalized spacial score (nSPS) is 16.1. The summed E-state index contributed by atoms with van der Waals surface area (Å²) in [6.07, 6.45) is 2.11. The fourth-order valence-electron chi connectivity index (χ4n) is 1.90. The van der Waals surface area contributed by atoms with Crippen molar-refractivity contribution in [1.29, 1.82) is 0 Å². The average molecular weight is 260 g/mol. The van der Waals surface area contributed by atoms with Crippen molar-refractivity contribution in [2.75, 3.05) is 27.3 Å².